The zero-order chi connectivity index (χ0) is 9.26. The van der Waals surface area contributed by atoms with Gasteiger partial charge >= 0.3 is 0 Å². The number of aliphatic hydroxyl groups is 1. The minimum Gasteiger partial charge on any atom is -0.462 e. The number of rotatable bonds is 2. The normalized spacial score (nSPS) is 13.4. The molecule has 1 N–H and O–H groups in total. The average molecular weight is 177 g/mol. The first-order chi connectivity index (χ1) is 6.33. The van der Waals surface area contributed by atoms with Crippen LogP contribution in [0.3, 0.4) is 0 Å². The number of nitrogens with zero attached hydrogens (tertiary/aromatic N) is 1. The van der Waals surface area contributed by atoms with Gasteiger partial charge in [-0.3, -0.25) is 4.98 Å². The van der Waals surface area contributed by atoms with E-state index in [1.165, 1.54) is 0 Å². The standard InChI is InChI=1S/C10H11NO2/c1-2-8(12)9-10-7(3-5-11-9)4-6-13-10/h3-6,8,12H,2H2,1H3. The molecule has 0 amide bonds. The molecule has 1 atom stereocenters. The molecular formula is C10H11NO2. The Morgan fingerprint density at radius 3 is 3.15 bits per heavy atom. The van der Waals surface area contributed by atoms with Gasteiger partial charge in [0.25, 0.3) is 0 Å². The van der Waals surface area contributed by atoms with Crippen molar-refractivity contribution in [3.05, 3.63) is 30.3 Å². The number of fused-ring (bicyclic) bond motifs is 1. The summed E-state index contributed by atoms with van der Waals surface area (Å²) in [6, 6.07) is 3.73. The van der Waals surface area contributed by atoms with Crippen molar-refractivity contribution in [3.8, 4) is 0 Å². The molecule has 0 saturated carbocycles. The van der Waals surface area contributed by atoms with Crippen LogP contribution in [0, 0.1) is 0 Å². The fraction of sp³-hybridized carbons (Fsp3) is 0.300. The van der Waals surface area contributed by atoms with E-state index in [1.54, 1.807) is 12.5 Å². The second kappa shape index (κ2) is 3.18. The largest absolute Gasteiger partial charge is 0.462 e. The predicted octanol–water partition coefficient (Wildman–Crippen LogP) is 2.27. The van der Waals surface area contributed by atoms with E-state index in [0.29, 0.717) is 17.7 Å². The van der Waals surface area contributed by atoms with Crippen molar-refractivity contribution in [3.63, 3.8) is 0 Å². The zero-order valence-corrected chi connectivity index (χ0v) is 7.40. The van der Waals surface area contributed by atoms with Crippen molar-refractivity contribution in [1.29, 1.82) is 0 Å². The van der Waals surface area contributed by atoms with Crippen molar-refractivity contribution in [2.24, 2.45) is 0 Å². The Bertz CT molecular complexity index is 408. The third-order valence-electron chi connectivity index (χ3n) is 2.10. The van der Waals surface area contributed by atoms with E-state index in [1.807, 2.05) is 19.1 Å². The quantitative estimate of drug-likeness (QED) is 0.765. The molecular weight excluding hydrogens is 166 g/mol. The van der Waals surface area contributed by atoms with Crippen LogP contribution in [0.4, 0.5) is 0 Å². The second-order valence-electron chi connectivity index (χ2n) is 2.96. The van der Waals surface area contributed by atoms with Crippen LogP contribution in [0.15, 0.2) is 29.0 Å². The van der Waals surface area contributed by atoms with Crippen LogP contribution >= 0.6 is 0 Å². The Morgan fingerprint density at radius 1 is 1.54 bits per heavy atom. The maximum atomic E-state index is 9.62. The lowest BCUT2D eigenvalue weighted by molar-refractivity contribution is 0.169. The summed E-state index contributed by atoms with van der Waals surface area (Å²) in [5.41, 5.74) is 1.32. The summed E-state index contributed by atoms with van der Waals surface area (Å²) in [5, 5.41) is 10.6. The van der Waals surface area contributed by atoms with Gasteiger partial charge in [0.05, 0.1) is 12.4 Å². The van der Waals surface area contributed by atoms with Gasteiger partial charge in [0.1, 0.15) is 5.69 Å². The van der Waals surface area contributed by atoms with Crippen LogP contribution in [0.5, 0.6) is 0 Å². The molecule has 0 saturated heterocycles. The monoisotopic (exact) mass is 177 g/mol. The Morgan fingerprint density at radius 2 is 2.38 bits per heavy atom. The second-order valence-corrected chi connectivity index (χ2v) is 2.96. The van der Waals surface area contributed by atoms with Crippen molar-refractivity contribution < 1.29 is 9.52 Å². The highest BCUT2D eigenvalue weighted by Crippen LogP contribution is 2.24. The highest BCUT2D eigenvalue weighted by Gasteiger charge is 2.12. The summed E-state index contributed by atoms with van der Waals surface area (Å²) in [7, 11) is 0. The molecule has 3 heteroatoms. The molecule has 0 bridgehead atoms. The molecule has 2 rings (SSSR count). The fourth-order valence-corrected chi connectivity index (χ4v) is 1.35. The zero-order valence-electron chi connectivity index (χ0n) is 7.40. The van der Waals surface area contributed by atoms with Gasteiger partial charge < -0.3 is 9.52 Å². The smallest absolute Gasteiger partial charge is 0.158 e. The van der Waals surface area contributed by atoms with E-state index >= 15 is 0 Å². The van der Waals surface area contributed by atoms with Gasteiger partial charge in [0.2, 0.25) is 0 Å². The number of pyridine rings is 1. The third kappa shape index (κ3) is 1.31. The van der Waals surface area contributed by atoms with E-state index in [2.05, 4.69) is 4.98 Å². The molecule has 0 aliphatic rings. The number of aromatic nitrogens is 1. The van der Waals surface area contributed by atoms with Crippen LogP contribution in [-0.4, -0.2) is 10.1 Å². The summed E-state index contributed by atoms with van der Waals surface area (Å²) < 4.78 is 5.25. The lowest BCUT2D eigenvalue weighted by Gasteiger charge is -2.06. The lowest BCUT2D eigenvalue weighted by Crippen LogP contribution is -1.98. The summed E-state index contributed by atoms with van der Waals surface area (Å²) >= 11 is 0. The summed E-state index contributed by atoms with van der Waals surface area (Å²) in [6.07, 6.45) is 3.41. The summed E-state index contributed by atoms with van der Waals surface area (Å²) in [5.74, 6) is 0. The Kier molecular flexibility index (Phi) is 2.02. The molecule has 0 aliphatic heterocycles. The van der Waals surface area contributed by atoms with Crippen molar-refractivity contribution in [2.45, 2.75) is 19.4 Å². The molecule has 13 heavy (non-hydrogen) atoms. The highest BCUT2D eigenvalue weighted by atomic mass is 16.3. The molecule has 2 heterocycles. The molecule has 1 unspecified atom stereocenters. The van der Waals surface area contributed by atoms with Gasteiger partial charge in [-0.05, 0) is 18.6 Å². The fourth-order valence-electron chi connectivity index (χ4n) is 1.35. The molecule has 0 aliphatic carbocycles. The van der Waals surface area contributed by atoms with Gasteiger partial charge in [-0.1, -0.05) is 6.92 Å². The first-order valence-electron chi connectivity index (χ1n) is 4.33. The van der Waals surface area contributed by atoms with E-state index in [-0.39, 0.29) is 0 Å². The molecule has 0 radical (unpaired) electrons. The molecule has 0 aromatic carbocycles. The summed E-state index contributed by atoms with van der Waals surface area (Å²) in [4.78, 5) is 4.11. The molecule has 3 nitrogen and oxygen atoms in total. The Balaban J connectivity index is 2.60. The van der Waals surface area contributed by atoms with Crippen LogP contribution < -0.4 is 0 Å². The van der Waals surface area contributed by atoms with Crippen LogP contribution in [-0.2, 0) is 0 Å². The maximum Gasteiger partial charge on any atom is 0.158 e. The highest BCUT2D eigenvalue weighted by molar-refractivity contribution is 5.78. The number of hydrogen-bond donors (Lipinski definition) is 1. The van der Waals surface area contributed by atoms with E-state index in [0.717, 1.165) is 5.39 Å². The topological polar surface area (TPSA) is 46.3 Å². The number of aliphatic hydroxyl groups excluding tert-OH is 1. The first-order valence-corrected chi connectivity index (χ1v) is 4.33. The number of furan rings is 1. The minimum atomic E-state index is -0.533. The van der Waals surface area contributed by atoms with Crippen LogP contribution in [0.2, 0.25) is 0 Å². The average Bonchev–Trinajstić information content (AvgIpc) is 2.63. The SMILES string of the molecule is CCC(O)c1nccc2ccoc12. The van der Waals surface area contributed by atoms with E-state index < -0.39 is 6.10 Å². The first kappa shape index (κ1) is 8.26. The Hall–Kier alpha value is -1.35. The van der Waals surface area contributed by atoms with E-state index in [4.69, 9.17) is 4.42 Å². The lowest BCUT2D eigenvalue weighted by atomic mass is 10.1. The van der Waals surface area contributed by atoms with Gasteiger partial charge in [-0.25, -0.2) is 0 Å². The van der Waals surface area contributed by atoms with E-state index in [9.17, 15) is 5.11 Å². The maximum absolute atomic E-state index is 9.62. The van der Waals surface area contributed by atoms with Gasteiger partial charge in [-0.2, -0.15) is 0 Å². The minimum absolute atomic E-state index is 0.533. The predicted molar refractivity (Wildman–Crippen MR) is 49.3 cm³/mol. The van der Waals surface area contributed by atoms with Gasteiger partial charge in [-0.15, -0.1) is 0 Å². The molecule has 0 fully saturated rings. The van der Waals surface area contributed by atoms with Gasteiger partial charge in [0, 0.05) is 11.6 Å². The summed E-state index contributed by atoms with van der Waals surface area (Å²) in [6.45, 7) is 1.91. The third-order valence-corrected chi connectivity index (χ3v) is 2.10. The molecule has 0 spiro atoms. The molecule has 2 aromatic heterocycles. The van der Waals surface area contributed by atoms with Crippen molar-refractivity contribution in [1.82, 2.24) is 4.98 Å². The molecule has 68 valence electrons. The van der Waals surface area contributed by atoms with Gasteiger partial charge in [0.15, 0.2) is 5.58 Å². The van der Waals surface area contributed by atoms with Crippen molar-refractivity contribution in [2.75, 3.05) is 0 Å². The molecule has 2 aromatic rings. The number of hydrogen-bond acceptors (Lipinski definition) is 3. The van der Waals surface area contributed by atoms with Crippen molar-refractivity contribution >= 4 is 11.0 Å². The Labute approximate surface area is 76.0 Å². The van der Waals surface area contributed by atoms with Crippen LogP contribution in [0.1, 0.15) is 25.1 Å². The van der Waals surface area contributed by atoms with Crippen LogP contribution in [0.25, 0.3) is 11.0 Å².